The molecule has 0 aliphatic carbocycles. The van der Waals surface area contributed by atoms with Crippen LogP contribution in [0.2, 0.25) is 0 Å². The minimum atomic E-state index is -0.956. The Morgan fingerprint density at radius 2 is 2.03 bits per heavy atom. The van der Waals surface area contributed by atoms with Gasteiger partial charge < -0.3 is 24.5 Å². The van der Waals surface area contributed by atoms with Gasteiger partial charge in [0, 0.05) is 32.0 Å². The van der Waals surface area contributed by atoms with Gasteiger partial charge in [0.2, 0.25) is 0 Å². The molecule has 0 unspecified atom stereocenters. The van der Waals surface area contributed by atoms with Gasteiger partial charge >= 0.3 is 5.97 Å². The second-order valence-electron chi connectivity index (χ2n) is 7.25. The molecule has 1 saturated heterocycles. The van der Waals surface area contributed by atoms with E-state index in [0.29, 0.717) is 17.5 Å². The van der Waals surface area contributed by atoms with E-state index in [1.54, 1.807) is 37.6 Å². The number of nitrogens with one attached hydrogen (secondary N) is 1. The molecule has 0 saturated carbocycles. The van der Waals surface area contributed by atoms with E-state index in [4.69, 9.17) is 26.5 Å². The molecule has 2 N–H and O–H groups in total. The maximum atomic E-state index is 11.1. The Morgan fingerprint density at radius 1 is 1.23 bits per heavy atom. The summed E-state index contributed by atoms with van der Waals surface area (Å²) in [6.45, 7) is 1.36. The van der Waals surface area contributed by atoms with Crippen molar-refractivity contribution in [1.82, 2.24) is 15.2 Å². The SMILES string of the molecule is COCCCN1C(=S)N[C@@H](c2ccccn2)[C@H]1c1ccc(-c2ccc(C(=O)O)cc2)o1. The number of methoxy groups -OCH3 is 1. The highest BCUT2D eigenvalue weighted by atomic mass is 32.1. The van der Waals surface area contributed by atoms with Gasteiger partial charge in [-0.1, -0.05) is 18.2 Å². The number of hydrogen-bond donors (Lipinski definition) is 2. The summed E-state index contributed by atoms with van der Waals surface area (Å²) in [7, 11) is 1.68. The molecule has 160 valence electrons. The fraction of sp³-hybridized carbons (Fsp3) is 0.261. The summed E-state index contributed by atoms with van der Waals surface area (Å²) in [6, 6.07) is 16.0. The van der Waals surface area contributed by atoms with Crippen molar-refractivity contribution in [2.24, 2.45) is 0 Å². The summed E-state index contributed by atoms with van der Waals surface area (Å²) in [5, 5.41) is 13.2. The third-order valence-corrected chi connectivity index (χ3v) is 5.63. The molecule has 1 aliphatic rings. The van der Waals surface area contributed by atoms with E-state index in [1.807, 2.05) is 30.3 Å². The number of hydrogen-bond acceptors (Lipinski definition) is 5. The molecule has 0 bridgehead atoms. The number of ether oxygens (including phenoxy) is 1. The highest BCUT2D eigenvalue weighted by Crippen LogP contribution is 2.40. The van der Waals surface area contributed by atoms with Crippen LogP contribution < -0.4 is 5.32 Å². The average molecular weight is 438 g/mol. The average Bonchev–Trinajstić information content (AvgIpc) is 3.39. The molecule has 7 nitrogen and oxygen atoms in total. The fourth-order valence-electron chi connectivity index (χ4n) is 3.78. The van der Waals surface area contributed by atoms with Crippen molar-refractivity contribution in [2.75, 3.05) is 20.3 Å². The van der Waals surface area contributed by atoms with E-state index in [1.165, 1.54) is 0 Å². The van der Waals surface area contributed by atoms with E-state index >= 15 is 0 Å². The molecular formula is C23H23N3O4S. The minimum Gasteiger partial charge on any atom is -0.478 e. The Balaban J connectivity index is 1.66. The summed E-state index contributed by atoms with van der Waals surface area (Å²) < 4.78 is 11.5. The molecule has 1 aromatic carbocycles. The Kier molecular flexibility index (Phi) is 6.29. The van der Waals surface area contributed by atoms with Crippen LogP contribution in [0.5, 0.6) is 0 Å². The third-order valence-electron chi connectivity index (χ3n) is 5.28. The van der Waals surface area contributed by atoms with Gasteiger partial charge in [0.25, 0.3) is 0 Å². The third kappa shape index (κ3) is 4.45. The Labute approximate surface area is 185 Å². The molecule has 4 rings (SSSR count). The van der Waals surface area contributed by atoms with Crippen LogP contribution in [0, 0.1) is 0 Å². The maximum absolute atomic E-state index is 11.1. The van der Waals surface area contributed by atoms with Crippen LogP contribution in [-0.4, -0.2) is 46.3 Å². The second kappa shape index (κ2) is 9.28. The minimum absolute atomic E-state index is 0.148. The Morgan fingerprint density at radius 3 is 2.71 bits per heavy atom. The lowest BCUT2D eigenvalue weighted by Crippen LogP contribution is -2.31. The van der Waals surface area contributed by atoms with Gasteiger partial charge in [0.05, 0.1) is 17.3 Å². The van der Waals surface area contributed by atoms with Crippen LogP contribution in [0.15, 0.2) is 65.2 Å². The van der Waals surface area contributed by atoms with Crippen molar-refractivity contribution in [3.05, 3.63) is 77.8 Å². The van der Waals surface area contributed by atoms with Gasteiger partial charge in [-0.05, 0) is 55.0 Å². The predicted octanol–water partition coefficient (Wildman–Crippen LogP) is 4.05. The van der Waals surface area contributed by atoms with Crippen LogP contribution in [0.3, 0.4) is 0 Å². The number of aromatic nitrogens is 1. The number of benzene rings is 1. The van der Waals surface area contributed by atoms with Gasteiger partial charge in [0.1, 0.15) is 17.6 Å². The van der Waals surface area contributed by atoms with Crippen molar-refractivity contribution < 1.29 is 19.1 Å². The molecule has 0 radical (unpaired) electrons. The second-order valence-corrected chi connectivity index (χ2v) is 7.64. The van der Waals surface area contributed by atoms with Crippen molar-refractivity contribution >= 4 is 23.3 Å². The van der Waals surface area contributed by atoms with E-state index < -0.39 is 5.97 Å². The number of carboxylic acid groups (broad SMARTS) is 1. The number of aromatic carboxylic acids is 1. The molecule has 2 aromatic heterocycles. The quantitative estimate of drug-likeness (QED) is 0.403. The molecule has 1 fully saturated rings. The molecule has 31 heavy (non-hydrogen) atoms. The Bertz CT molecular complexity index is 1050. The highest BCUT2D eigenvalue weighted by molar-refractivity contribution is 7.80. The normalized spacial score (nSPS) is 18.2. The number of furan rings is 1. The van der Waals surface area contributed by atoms with Crippen LogP contribution in [0.1, 0.15) is 40.3 Å². The molecule has 0 amide bonds. The monoisotopic (exact) mass is 437 g/mol. The Hall–Kier alpha value is -3.23. The van der Waals surface area contributed by atoms with Crippen molar-refractivity contribution in [2.45, 2.75) is 18.5 Å². The zero-order valence-electron chi connectivity index (χ0n) is 17.0. The molecule has 8 heteroatoms. The smallest absolute Gasteiger partial charge is 0.335 e. The van der Waals surface area contributed by atoms with Crippen molar-refractivity contribution in [3.8, 4) is 11.3 Å². The van der Waals surface area contributed by atoms with Crippen LogP contribution in [-0.2, 0) is 4.74 Å². The van der Waals surface area contributed by atoms with Gasteiger partial charge in [-0.25, -0.2) is 4.79 Å². The molecule has 0 spiro atoms. The highest BCUT2D eigenvalue weighted by Gasteiger charge is 2.41. The molecule has 3 aromatic rings. The van der Waals surface area contributed by atoms with Gasteiger partial charge in [-0.2, -0.15) is 0 Å². The molecular weight excluding hydrogens is 414 g/mol. The van der Waals surface area contributed by atoms with Crippen molar-refractivity contribution in [1.29, 1.82) is 0 Å². The summed E-state index contributed by atoms with van der Waals surface area (Å²) >= 11 is 5.63. The largest absolute Gasteiger partial charge is 0.478 e. The lowest BCUT2D eigenvalue weighted by atomic mass is 10.0. The van der Waals surface area contributed by atoms with Gasteiger partial charge in [0.15, 0.2) is 5.11 Å². The van der Waals surface area contributed by atoms with E-state index in [0.717, 1.165) is 30.0 Å². The lowest BCUT2D eigenvalue weighted by molar-refractivity contribution is 0.0697. The first kappa shape index (κ1) is 21.0. The first-order valence-corrected chi connectivity index (χ1v) is 10.4. The number of carboxylic acids is 1. The number of pyridine rings is 1. The molecule has 3 heterocycles. The van der Waals surface area contributed by atoms with Crippen LogP contribution in [0.25, 0.3) is 11.3 Å². The summed E-state index contributed by atoms with van der Waals surface area (Å²) in [4.78, 5) is 17.7. The number of nitrogens with zero attached hydrogens (tertiary/aromatic N) is 2. The van der Waals surface area contributed by atoms with Crippen LogP contribution >= 0.6 is 12.2 Å². The first-order valence-electron chi connectivity index (χ1n) is 9.99. The van der Waals surface area contributed by atoms with Gasteiger partial charge in [-0.15, -0.1) is 0 Å². The molecule has 2 atom stereocenters. The summed E-state index contributed by atoms with van der Waals surface area (Å²) in [5.74, 6) is 0.473. The number of rotatable bonds is 8. The van der Waals surface area contributed by atoms with E-state index in [9.17, 15) is 4.79 Å². The fourth-order valence-corrected chi connectivity index (χ4v) is 4.11. The van der Waals surface area contributed by atoms with E-state index in [2.05, 4.69) is 15.2 Å². The van der Waals surface area contributed by atoms with Crippen molar-refractivity contribution in [3.63, 3.8) is 0 Å². The summed E-state index contributed by atoms with van der Waals surface area (Å²) in [6.07, 6.45) is 2.59. The van der Waals surface area contributed by atoms with E-state index in [-0.39, 0.29) is 17.6 Å². The zero-order chi connectivity index (χ0) is 21.8. The van der Waals surface area contributed by atoms with Gasteiger partial charge in [-0.3, -0.25) is 4.98 Å². The number of thiocarbonyl (C=S) groups is 1. The topological polar surface area (TPSA) is 87.8 Å². The zero-order valence-corrected chi connectivity index (χ0v) is 17.8. The molecule has 1 aliphatic heterocycles. The first-order chi connectivity index (χ1) is 15.1. The number of carbonyl (C=O) groups is 1. The maximum Gasteiger partial charge on any atom is 0.335 e. The van der Waals surface area contributed by atoms with Crippen LogP contribution in [0.4, 0.5) is 0 Å². The lowest BCUT2D eigenvalue weighted by Gasteiger charge is -2.25. The standard InChI is InChI=1S/C23H23N3O4S/c1-29-14-4-13-26-21(20(25-23(26)31)17-5-2-3-12-24-17)19-11-10-18(30-19)15-6-8-16(9-7-15)22(27)28/h2-3,5-12,20-21H,4,13-14H2,1H3,(H,25,31)(H,27,28)/t20-,21+/m0/s1. The summed E-state index contributed by atoms with van der Waals surface area (Å²) in [5.41, 5.74) is 1.93. The predicted molar refractivity (Wildman–Crippen MR) is 120 cm³/mol.